The highest BCUT2D eigenvalue weighted by Gasteiger charge is 2.11. The van der Waals surface area contributed by atoms with Gasteiger partial charge in [0.2, 0.25) is 5.91 Å². The number of anilines is 1. The molecule has 0 aliphatic rings. The molecule has 3 aromatic rings. The van der Waals surface area contributed by atoms with E-state index < -0.39 is 0 Å². The van der Waals surface area contributed by atoms with Gasteiger partial charge in [0.25, 0.3) is 0 Å². The Morgan fingerprint density at radius 1 is 1.15 bits per heavy atom. The molecule has 1 aromatic heterocycles. The van der Waals surface area contributed by atoms with Crippen LogP contribution in [0.1, 0.15) is 17.9 Å². The molecule has 0 saturated heterocycles. The first kappa shape index (κ1) is 19.1. The summed E-state index contributed by atoms with van der Waals surface area (Å²) in [6.45, 7) is 0.765. The number of hydrogen-bond acceptors (Lipinski definition) is 4. The molecule has 0 atom stereocenters. The van der Waals surface area contributed by atoms with Gasteiger partial charge >= 0.3 is 0 Å². The number of hydrogen-bond donors (Lipinski definition) is 1. The van der Waals surface area contributed by atoms with Crippen LogP contribution < -0.4 is 5.32 Å². The largest absolute Gasteiger partial charge is 0.441 e. The Hall–Kier alpha value is -2.63. The van der Waals surface area contributed by atoms with E-state index in [9.17, 15) is 4.79 Å². The van der Waals surface area contributed by atoms with Gasteiger partial charge in [-0.15, -0.1) is 0 Å². The number of aromatic nitrogens is 1. The zero-order valence-electron chi connectivity index (χ0n) is 15.4. The standard InChI is InChI=1S/C21H22ClN3O2/c1-25(2)14-16-5-3-4-6-18(16)24-20(26)11-12-21-23-13-19(27-21)15-7-9-17(22)10-8-15/h3-10,13H,11-12,14H2,1-2H3,(H,24,26). The van der Waals surface area contributed by atoms with Crippen LogP contribution in [-0.2, 0) is 17.8 Å². The molecular formula is C21H22ClN3O2. The Labute approximate surface area is 164 Å². The molecule has 2 aromatic carbocycles. The maximum Gasteiger partial charge on any atom is 0.224 e. The average Bonchev–Trinajstić information content (AvgIpc) is 3.11. The van der Waals surface area contributed by atoms with Crippen LogP contribution >= 0.6 is 11.6 Å². The third-order valence-electron chi connectivity index (χ3n) is 4.03. The summed E-state index contributed by atoms with van der Waals surface area (Å²) in [6.07, 6.45) is 2.41. The van der Waals surface area contributed by atoms with Crippen molar-refractivity contribution in [3.8, 4) is 11.3 Å². The third kappa shape index (κ3) is 5.42. The van der Waals surface area contributed by atoms with Crippen LogP contribution in [0.3, 0.4) is 0 Å². The molecule has 0 aliphatic heterocycles. The van der Waals surface area contributed by atoms with Crippen molar-refractivity contribution in [1.29, 1.82) is 0 Å². The Morgan fingerprint density at radius 3 is 2.63 bits per heavy atom. The molecule has 6 heteroatoms. The lowest BCUT2D eigenvalue weighted by atomic mass is 10.1. The average molecular weight is 384 g/mol. The van der Waals surface area contributed by atoms with E-state index in [-0.39, 0.29) is 5.91 Å². The van der Waals surface area contributed by atoms with Crippen molar-refractivity contribution in [3.63, 3.8) is 0 Å². The van der Waals surface area contributed by atoms with E-state index in [1.165, 1.54) is 0 Å². The molecule has 5 nitrogen and oxygen atoms in total. The summed E-state index contributed by atoms with van der Waals surface area (Å²) in [5.41, 5.74) is 2.82. The maximum absolute atomic E-state index is 12.3. The Kier molecular flexibility index (Phi) is 6.27. The zero-order valence-corrected chi connectivity index (χ0v) is 16.2. The molecule has 1 amide bonds. The van der Waals surface area contributed by atoms with Crippen molar-refractivity contribution in [3.05, 3.63) is 71.2 Å². The zero-order chi connectivity index (χ0) is 19.2. The van der Waals surface area contributed by atoms with Gasteiger partial charge in [0.1, 0.15) is 0 Å². The number of rotatable bonds is 7. The highest BCUT2D eigenvalue weighted by molar-refractivity contribution is 6.30. The second-order valence-corrected chi connectivity index (χ2v) is 7.00. The van der Waals surface area contributed by atoms with Crippen molar-refractivity contribution in [2.24, 2.45) is 0 Å². The molecule has 0 unspecified atom stereocenters. The van der Waals surface area contributed by atoms with Gasteiger partial charge in [0.15, 0.2) is 11.7 Å². The molecule has 0 spiro atoms. The summed E-state index contributed by atoms with van der Waals surface area (Å²) in [6, 6.07) is 15.2. The van der Waals surface area contributed by atoms with Crippen molar-refractivity contribution >= 4 is 23.2 Å². The van der Waals surface area contributed by atoms with Crippen LogP contribution in [-0.4, -0.2) is 29.9 Å². The number of carbonyl (C=O) groups is 1. The summed E-state index contributed by atoms with van der Waals surface area (Å²) in [5, 5.41) is 3.65. The van der Waals surface area contributed by atoms with E-state index in [0.717, 1.165) is 23.4 Å². The van der Waals surface area contributed by atoms with E-state index in [4.69, 9.17) is 16.0 Å². The third-order valence-corrected chi connectivity index (χ3v) is 4.28. The second kappa shape index (κ2) is 8.84. The molecule has 27 heavy (non-hydrogen) atoms. The van der Waals surface area contributed by atoms with E-state index in [1.54, 1.807) is 18.3 Å². The van der Waals surface area contributed by atoms with Gasteiger partial charge in [0, 0.05) is 35.7 Å². The molecule has 1 heterocycles. The molecule has 0 fully saturated rings. The number of aryl methyl sites for hydroxylation is 1. The molecule has 0 aliphatic carbocycles. The monoisotopic (exact) mass is 383 g/mol. The lowest BCUT2D eigenvalue weighted by Gasteiger charge is -2.14. The maximum atomic E-state index is 12.3. The van der Waals surface area contributed by atoms with Gasteiger partial charge in [-0.1, -0.05) is 29.8 Å². The van der Waals surface area contributed by atoms with Gasteiger partial charge in [0.05, 0.1) is 6.20 Å². The summed E-state index contributed by atoms with van der Waals surface area (Å²) in [5.74, 6) is 1.14. The number of nitrogens with zero attached hydrogens (tertiary/aromatic N) is 2. The smallest absolute Gasteiger partial charge is 0.224 e. The predicted molar refractivity (Wildman–Crippen MR) is 108 cm³/mol. The van der Waals surface area contributed by atoms with Crippen LogP contribution in [0.15, 0.2) is 59.1 Å². The van der Waals surface area contributed by atoms with Crippen molar-refractivity contribution in [1.82, 2.24) is 9.88 Å². The number of para-hydroxylation sites is 1. The predicted octanol–water partition coefficient (Wildman–Crippen LogP) is 4.63. The number of nitrogens with one attached hydrogen (secondary N) is 1. The fraction of sp³-hybridized carbons (Fsp3) is 0.238. The highest BCUT2D eigenvalue weighted by Crippen LogP contribution is 2.23. The fourth-order valence-corrected chi connectivity index (χ4v) is 2.85. The first-order valence-corrected chi connectivity index (χ1v) is 9.12. The number of halogens is 1. The number of benzene rings is 2. The van der Waals surface area contributed by atoms with Crippen LogP contribution in [0.2, 0.25) is 5.02 Å². The van der Waals surface area contributed by atoms with Crippen LogP contribution in [0.25, 0.3) is 11.3 Å². The second-order valence-electron chi connectivity index (χ2n) is 6.57. The summed E-state index contributed by atoms with van der Waals surface area (Å²) in [4.78, 5) is 18.7. The van der Waals surface area contributed by atoms with Crippen LogP contribution in [0.4, 0.5) is 5.69 Å². The van der Waals surface area contributed by atoms with Crippen LogP contribution in [0.5, 0.6) is 0 Å². The molecule has 1 N–H and O–H groups in total. The molecule has 0 saturated carbocycles. The minimum atomic E-state index is -0.0625. The van der Waals surface area contributed by atoms with E-state index in [0.29, 0.717) is 29.5 Å². The summed E-state index contributed by atoms with van der Waals surface area (Å²) < 4.78 is 5.75. The number of amides is 1. The number of oxazole rings is 1. The van der Waals surface area contributed by atoms with Gasteiger partial charge in [-0.3, -0.25) is 4.79 Å². The molecular weight excluding hydrogens is 362 g/mol. The summed E-state index contributed by atoms with van der Waals surface area (Å²) >= 11 is 5.90. The van der Waals surface area contributed by atoms with E-state index in [2.05, 4.69) is 15.2 Å². The quantitative estimate of drug-likeness (QED) is 0.646. The van der Waals surface area contributed by atoms with E-state index in [1.807, 2.05) is 50.5 Å². The van der Waals surface area contributed by atoms with Gasteiger partial charge in [-0.05, 0) is 50.0 Å². The Bertz CT molecular complexity index is 904. The normalized spacial score (nSPS) is 11.0. The Morgan fingerprint density at radius 2 is 1.89 bits per heavy atom. The summed E-state index contributed by atoms with van der Waals surface area (Å²) in [7, 11) is 4.00. The SMILES string of the molecule is CN(C)Cc1ccccc1NC(=O)CCc1ncc(-c2ccc(Cl)cc2)o1. The topological polar surface area (TPSA) is 58.4 Å². The molecule has 140 valence electrons. The first-order valence-electron chi connectivity index (χ1n) is 8.74. The highest BCUT2D eigenvalue weighted by atomic mass is 35.5. The van der Waals surface area contributed by atoms with Gasteiger partial charge < -0.3 is 14.6 Å². The van der Waals surface area contributed by atoms with Crippen molar-refractivity contribution in [2.45, 2.75) is 19.4 Å². The van der Waals surface area contributed by atoms with Crippen molar-refractivity contribution in [2.75, 3.05) is 19.4 Å². The lowest BCUT2D eigenvalue weighted by molar-refractivity contribution is -0.116. The minimum absolute atomic E-state index is 0.0625. The molecule has 0 radical (unpaired) electrons. The molecule has 3 rings (SSSR count). The molecule has 0 bridgehead atoms. The van der Waals surface area contributed by atoms with E-state index >= 15 is 0 Å². The fourth-order valence-electron chi connectivity index (χ4n) is 2.73. The minimum Gasteiger partial charge on any atom is -0.441 e. The lowest BCUT2D eigenvalue weighted by Crippen LogP contribution is -2.16. The van der Waals surface area contributed by atoms with Crippen LogP contribution in [0, 0.1) is 0 Å². The number of carbonyl (C=O) groups excluding carboxylic acids is 1. The van der Waals surface area contributed by atoms with Gasteiger partial charge in [-0.25, -0.2) is 4.98 Å². The first-order chi connectivity index (χ1) is 13.0. The Balaban J connectivity index is 1.58. The van der Waals surface area contributed by atoms with Crippen molar-refractivity contribution < 1.29 is 9.21 Å². The van der Waals surface area contributed by atoms with Gasteiger partial charge in [-0.2, -0.15) is 0 Å².